The van der Waals surface area contributed by atoms with E-state index in [2.05, 4.69) is 53.4 Å². The van der Waals surface area contributed by atoms with Crippen molar-refractivity contribution in [3.8, 4) is 0 Å². The molecular weight excluding hydrogens is 240 g/mol. The van der Waals surface area contributed by atoms with Crippen LogP contribution in [0.25, 0.3) is 0 Å². The third-order valence-corrected chi connectivity index (χ3v) is 20.2. The third-order valence-electron chi connectivity index (χ3n) is 3.44. The molecule has 1 unspecified atom stereocenters. The van der Waals surface area contributed by atoms with Gasteiger partial charge in [-0.1, -0.05) is 0 Å². The monoisotopic (exact) mass is 262 g/mol. The Morgan fingerprint density at radius 2 is 2.00 bits per heavy atom. The normalized spacial score (nSPS) is 34.9. The van der Waals surface area contributed by atoms with Crippen LogP contribution in [0, 0.1) is 0 Å². The van der Waals surface area contributed by atoms with Crippen LogP contribution in [0.1, 0.15) is 0 Å². The fourth-order valence-corrected chi connectivity index (χ4v) is 17.0. The van der Waals surface area contributed by atoms with E-state index in [0.717, 1.165) is 0 Å². The lowest BCUT2D eigenvalue weighted by Gasteiger charge is -2.46. The molecule has 0 aromatic carbocycles. The van der Waals surface area contributed by atoms with E-state index in [4.69, 9.17) is 4.30 Å². The van der Waals surface area contributed by atoms with E-state index in [1.54, 1.807) is 0 Å². The fourth-order valence-electron chi connectivity index (χ4n) is 1.64. The zero-order valence-electron chi connectivity index (χ0n) is 10.1. The first kappa shape index (κ1) is 12.5. The van der Waals surface area contributed by atoms with Gasteiger partial charge in [-0.05, 0) is 40.3 Å². The number of hydrogen-bond donors (Lipinski definition) is 1. The van der Waals surface area contributed by atoms with Gasteiger partial charge in [0.2, 0.25) is 27.0 Å². The largest absolute Gasteiger partial charge is 0.412 e. The SMILES string of the molecule is CN1/[Si](C)=N\[SiH2]N[SiH](C)N(C)[Si]1(C)C. The molecule has 0 saturated heterocycles. The second kappa shape index (κ2) is 4.49. The van der Waals surface area contributed by atoms with Crippen molar-refractivity contribution in [3.63, 3.8) is 0 Å². The Labute approximate surface area is 94.0 Å². The number of nitrogens with zero attached hydrogens (tertiary/aromatic N) is 3. The molecular formula is C6H22N4Si4. The summed E-state index contributed by atoms with van der Waals surface area (Å²) in [4.78, 5) is 0. The highest BCUT2D eigenvalue weighted by atomic mass is 28.4. The zero-order valence-corrected chi connectivity index (χ0v) is 14.7. The molecule has 0 amide bonds. The van der Waals surface area contributed by atoms with Crippen molar-refractivity contribution in [2.75, 3.05) is 14.1 Å². The minimum absolute atomic E-state index is 0.335. The molecule has 0 aliphatic carbocycles. The van der Waals surface area contributed by atoms with Gasteiger partial charge in [0.05, 0.1) is 0 Å². The zero-order chi connectivity index (χ0) is 10.9. The Morgan fingerprint density at radius 3 is 2.57 bits per heavy atom. The summed E-state index contributed by atoms with van der Waals surface area (Å²) in [6, 6.07) is 0. The van der Waals surface area contributed by atoms with Crippen molar-refractivity contribution < 1.29 is 0 Å². The maximum absolute atomic E-state index is 4.84. The molecule has 1 aliphatic rings. The average molecular weight is 263 g/mol. The van der Waals surface area contributed by atoms with Crippen LogP contribution >= 0.6 is 0 Å². The van der Waals surface area contributed by atoms with Crippen LogP contribution in [0.4, 0.5) is 0 Å². The molecule has 4 nitrogen and oxygen atoms in total. The van der Waals surface area contributed by atoms with Gasteiger partial charge in [0.25, 0.3) is 0 Å². The van der Waals surface area contributed by atoms with Crippen LogP contribution in [0.2, 0.25) is 26.2 Å². The van der Waals surface area contributed by atoms with Crippen LogP contribution in [-0.2, 0) is 0 Å². The highest BCUT2D eigenvalue weighted by Crippen LogP contribution is 2.14. The molecule has 1 rings (SSSR count). The van der Waals surface area contributed by atoms with Crippen LogP contribution in [0.3, 0.4) is 0 Å². The number of hydrogen-bond acceptors (Lipinski definition) is 4. The molecule has 1 atom stereocenters. The summed E-state index contributed by atoms with van der Waals surface area (Å²) in [7, 11) is 1.43. The minimum Gasteiger partial charge on any atom is -0.412 e. The lowest BCUT2D eigenvalue weighted by molar-refractivity contribution is 0.636. The third kappa shape index (κ3) is 2.31. The van der Waals surface area contributed by atoms with Gasteiger partial charge in [0.1, 0.15) is 0 Å². The molecule has 0 aromatic rings. The van der Waals surface area contributed by atoms with Crippen LogP contribution in [0.5, 0.6) is 0 Å². The molecule has 0 radical (unpaired) electrons. The topological polar surface area (TPSA) is 30.9 Å². The van der Waals surface area contributed by atoms with E-state index in [9.17, 15) is 0 Å². The first-order valence-corrected chi connectivity index (χ1v) is 13.5. The second-order valence-corrected chi connectivity index (χ2v) is 16.8. The standard InChI is InChI=1S/C6H22N4Si4/c1-9-12(3)7-11-8-13(4)10(2)14(9,5)6/h7,12H,11H2,1-6H3/b13-8-. The Kier molecular flexibility index (Phi) is 4.00. The summed E-state index contributed by atoms with van der Waals surface area (Å²) in [5.74, 6) is 0. The first-order chi connectivity index (χ1) is 6.37. The molecule has 1 N–H and O–H groups in total. The Bertz CT molecular complexity index is 244. The van der Waals surface area contributed by atoms with Crippen LogP contribution in [0.15, 0.2) is 4.30 Å². The smallest absolute Gasteiger partial charge is 0.217 e. The molecule has 1 heterocycles. The van der Waals surface area contributed by atoms with Gasteiger partial charge in [0, 0.05) is 0 Å². The summed E-state index contributed by atoms with van der Waals surface area (Å²) in [6.45, 7) is 9.58. The molecule has 0 aromatic heterocycles. The van der Waals surface area contributed by atoms with Gasteiger partial charge in [-0.25, -0.2) is 0 Å². The Balaban J connectivity index is 2.98. The molecule has 0 saturated carbocycles. The second-order valence-electron chi connectivity index (χ2n) is 4.41. The molecule has 0 fully saturated rings. The summed E-state index contributed by atoms with van der Waals surface area (Å²) in [6.07, 6.45) is 0. The quantitative estimate of drug-likeness (QED) is 0.591. The predicted octanol–water partition coefficient (Wildman–Crippen LogP) is -0.609. The van der Waals surface area contributed by atoms with E-state index < -0.39 is 26.3 Å². The van der Waals surface area contributed by atoms with Crippen molar-refractivity contribution in [2.24, 2.45) is 4.30 Å². The van der Waals surface area contributed by atoms with Crippen molar-refractivity contribution in [1.82, 2.24) is 13.1 Å². The fraction of sp³-hybridized carbons (Fsp3) is 1.00. The van der Waals surface area contributed by atoms with Gasteiger partial charge in [-0.3, -0.25) is 0 Å². The number of nitrogens with one attached hydrogen (secondary N) is 1. The minimum atomic E-state index is -1.37. The van der Waals surface area contributed by atoms with E-state index in [1.165, 1.54) is 0 Å². The summed E-state index contributed by atoms with van der Waals surface area (Å²) >= 11 is 0. The van der Waals surface area contributed by atoms with Crippen LogP contribution < -0.4 is 4.65 Å². The molecule has 14 heavy (non-hydrogen) atoms. The van der Waals surface area contributed by atoms with Gasteiger partial charge in [-0.15, -0.1) is 0 Å². The summed E-state index contributed by atoms with van der Waals surface area (Å²) in [5.41, 5.74) is 0. The summed E-state index contributed by atoms with van der Waals surface area (Å²) < 4.78 is 13.8. The molecule has 1 aliphatic heterocycles. The van der Waals surface area contributed by atoms with E-state index in [-0.39, 0.29) is 9.84 Å². The molecule has 0 bridgehead atoms. The highest BCUT2D eigenvalue weighted by Gasteiger charge is 2.36. The van der Waals surface area contributed by atoms with Crippen molar-refractivity contribution >= 4 is 36.1 Å². The molecule has 0 spiro atoms. The highest BCUT2D eigenvalue weighted by molar-refractivity contribution is 6.88. The molecule has 82 valence electrons. The Morgan fingerprint density at radius 1 is 1.43 bits per heavy atom. The van der Waals surface area contributed by atoms with Gasteiger partial charge < -0.3 is 17.4 Å². The molecule has 8 heteroatoms. The van der Waals surface area contributed by atoms with Gasteiger partial charge in [0.15, 0.2) is 9.12 Å². The van der Waals surface area contributed by atoms with Gasteiger partial charge in [-0.2, -0.15) is 0 Å². The van der Waals surface area contributed by atoms with E-state index in [1.807, 2.05) is 0 Å². The Hall–Kier alpha value is 0.388. The van der Waals surface area contributed by atoms with E-state index >= 15 is 0 Å². The summed E-state index contributed by atoms with van der Waals surface area (Å²) in [5, 5.41) is 0. The van der Waals surface area contributed by atoms with E-state index in [0.29, 0.717) is 0 Å². The van der Waals surface area contributed by atoms with Crippen LogP contribution in [-0.4, -0.2) is 58.7 Å². The maximum Gasteiger partial charge on any atom is 0.217 e. The maximum atomic E-state index is 4.84. The van der Waals surface area contributed by atoms with Crippen molar-refractivity contribution in [3.05, 3.63) is 0 Å². The first-order valence-electron chi connectivity index (χ1n) is 5.08. The predicted molar refractivity (Wildman–Crippen MR) is 71.7 cm³/mol. The van der Waals surface area contributed by atoms with Crippen molar-refractivity contribution in [2.45, 2.75) is 26.2 Å². The van der Waals surface area contributed by atoms with Crippen molar-refractivity contribution in [1.29, 1.82) is 0 Å². The number of rotatable bonds is 0. The average Bonchev–Trinajstić information content (AvgIpc) is 2.13. The lowest BCUT2D eigenvalue weighted by atomic mass is 11.6. The lowest BCUT2D eigenvalue weighted by Crippen LogP contribution is -2.68. The van der Waals surface area contributed by atoms with Gasteiger partial charge >= 0.3 is 0 Å².